The Kier molecular flexibility index (Phi) is 5.56. The lowest BCUT2D eigenvalue weighted by Crippen LogP contribution is -2.36. The third kappa shape index (κ3) is 4.57. The number of halogens is 4. The van der Waals surface area contributed by atoms with Crippen molar-refractivity contribution in [2.75, 3.05) is 6.54 Å². The molecule has 0 saturated carbocycles. The molecule has 6 heteroatoms. The van der Waals surface area contributed by atoms with E-state index in [1.807, 2.05) is 30.2 Å². The minimum absolute atomic E-state index is 0.404. The Bertz CT molecular complexity index is 505. The summed E-state index contributed by atoms with van der Waals surface area (Å²) in [5.41, 5.74) is 2.09. The van der Waals surface area contributed by atoms with Crippen LogP contribution in [0.2, 0.25) is 0 Å². The molecule has 108 valence electrons. The first-order valence-electron chi connectivity index (χ1n) is 5.86. The average molecular weight is 287 g/mol. The second-order valence-electron chi connectivity index (χ2n) is 4.09. The smallest absolute Gasteiger partial charge is 0.337 e. The molecule has 2 nitrogen and oxygen atoms in total. The van der Waals surface area contributed by atoms with Gasteiger partial charge in [-0.3, -0.25) is 4.79 Å². The molecule has 0 aromatic heterocycles. The summed E-state index contributed by atoms with van der Waals surface area (Å²) < 4.78 is 46.8. The van der Waals surface area contributed by atoms with Crippen LogP contribution < -0.4 is 5.32 Å². The van der Waals surface area contributed by atoms with Crippen LogP contribution >= 0.6 is 0 Å². The van der Waals surface area contributed by atoms with Gasteiger partial charge in [-0.2, -0.15) is 13.2 Å². The molecular weight excluding hydrogens is 274 g/mol. The first kappa shape index (κ1) is 16.0. The quantitative estimate of drug-likeness (QED) is 0.624. The van der Waals surface area contributed by atoms with Gasteiger partial charge >= 0.3 is 12.1 Å². The highest BCUT2D eigenvalue weighted by Crippen LogP contribution is 2.33. The fourth-order valence-electron chi connectivity index (χ4n) is 1.74. The summed E-state index contributed by atoms with van der Waals surface area (Å²) in [6.45, 7) is -0.404. The molecule has 0 aliphatic heterocycles. The number of rotatable bonds is 1. The van der Waals surface area contributed by atoms with E-state index in [0.29, 0.717) is 6.42 Å². The Labute approximate surface area is 114 Å². The zero-order valence-electron chi connectivity index (χ0n) is 10.5. The molecule has 1 atom stereocenters. The van der Waals surface area contributed by atoms with E-state index in [0.717, 1.165) is 12.0 Å². The van der Waals surface area contributed by atoms with E-state index in [4.69, 9.17) is 0 Å². The van der Waals surface area contributed by atoms with Gasteiger partial charge in [-0.15, -0.1) is 6.42 Å². The first-order valence-corrected chi connectivity index (χ1v) is 5.86. The Morgan fingerprint density at radius 1 is 1.40 bits per heavy atom. The third-order valence-corrected chi connectivity index (χ3v) is 2.67. The molecule has 0 bridgehead atoms. The highest BCUT2D eigenvalue weighted by molar-refractivity contribution is 5.81. The maximum atomic E-state index is 12.9. The van der Waals surface area contributed by atoms with Crippen molar-refractivity contribution >= 4 is 5.91 Å². The van der Waals surface area contributed by atoms with Crippen LogP contribution in [0, 0.1) is 12.3 Å². The van der Waals surface area contributed by atoms with Crippen LogP contribution in [0.3, 0.4) is 0 Å². The number of carbonyl (C=O) groups excluding carboxylic acids is 1. The van der Waals surface area contributed by atoms with Gasteiger partial charge in [0.25, 0.3) is 0 Å². The fourth-order valence-corrected chi connectivity index (χ4v) is 1.74. The summed E-state index contributed by atoms with van der Waals surface area (Å²) in [5, 5.41) is 1.47. The van der Waals surface area contributed by atoms with Crippen molar-refractivity contribution in [1.82, 2.24) is 5.32 Å². The van der Waals surface area contributed by atoms with Crippen LogP contribution in [0.4, 0.5) is 17.6 Å². The van der Waals surface area contributed by atoms with E-state index < -0.39 is 24.8 Å². The van der Waals surface area contributed by atoms with E-state index in [1.54, 1.807) is 0 Å². The van der Waals surface area contributed by atoms with Gasteiger partial charge in [0.15, 0.2) is 0 Å². The van der Waals surface area contributed by atoms with E-state index in [2.05, 4.69) is 6.42 Å². The van der Waals surface area contributed by atoms with E-state index in [1.165, 1.54) is 10.9 Å². The molecule has 0 radical (unpaired) electrons. The number of carbonyl (C=O) groups is 1. The van der Waals surface area contributed by atoms with Crippen molar-refractivity contribution in [3.05, 3.63) is 35.4 Å². The Hall–Kier alpha value is -2.03. The van der Waals surface area contributed by atoms with Crippen molar-refractivity contribution < 1.29 is 22.4 Å². The topological polar surface area (TPSA) is 29.1 Å². The molecule has 1 amide bonds. The molecule has 0 saturated heterocycles. The van der Waals surface area contributed by atoms with Gasteiger partial charge in [-0.05, 0) is 24.0 Å². The van der Waals surface area contributed by atoms with Gasteiger partial charge in [0.05, 0.1) is 6.54 Å². The monoisotopic (exact) mass is 287 g/mol. The molecule has 1 aromatic rings. The summed E-state index contributed by atoms with van der Waals surface area (Å²) in [6, 6.07) is 7.76. The van der Waals surface area contributed by atoms with Gasteiger partial charge in [0.2, 0.25) is 0 Å². The van der Waals surface area contributed by atoms with E-state index >= 15 is 0 Å². The van der Waals surface area contributed by atoms with Gasteiger partial charge in [-0.25, -0.2) is 4.39 Å². The second kappa shape index (κ2) is 6.94. The highest BCUT2D eigenvalue weighted by atomic mass is 19.4. The maximum absolute atomic E-state index is 12.9. The standard InChI is InChI=1S/C9H9F.C5H4F3NO/c10-9-6-5-7-3-1-2-4-8(7)9;1-2-3-9-4(10)5(6,7)8/h1-4,9H,5-6H2;1H,3H2,(H,9,10). The van der Waals surface area contributed by atoms with Crippen LogP contribution in [-0.2, 0) is 11.2 Å². The van der Waals surface area contributed by atoms with Gasteiger partial charge in [-0.1, -0.05) is 30.2 Å². The van der Waals surface area contributed by atoms with Crippen LogP contribution in [-0.4, -0.2) is 18.6 Å². The maximum Gasteiger partial charge on any atom is 0.471 e. The van der Waals surface area contributed by atoms with Crippen LogP contribution in [0.15, 0.2) is 24.3 Å². The van der Waals surface area contributed by atoms with E-state index in [9.17, 15) is 22.4 Å². The number of fused-ring (bicyclic) bond motifs is 1. The molecule has 1 aliphatic carbocycles. The van der Waals surface area contributed by atoms with Crippen molar-refractivity contribution in [3.63, 3.8) is 0 Å². The van der Waals surface area contributed by atoms with E-state index in [-0.39, 0.29) is 0 Å². The second-order valence-corrected chi connectivity index (χ2v) is 4.09. The molecule has 1 N–H and O–H groups in total. The first-order chi connectivity index (χ1) is 9.36. The average Bonchev–Trinajstić information content (AvgIpc) is 2.78. The molecule has 1 aromatic carbocycles. The fraction of sp³-hybridized carbons (Fsp3) is 0.357. The van der Waals surface area contributed by atoms with Crippen molar-refractivity contribution in [3.8, 4) is 12.3 Å². The number of hydrogen-bond acceptors (Lipinski definition) is 1. The van der Waals surface area contributed by atoms with Crippen LogP contribution in [0.1, 0.15) is 23.7 Å². The molecule has 0 spiro atoms. The number of hydrogen-bond donors (Lipinski definition) is 1. The third-order valence-electron chi connectivity index (χ3n) is 2.67. The predicted molar refractivity (Wildman–Crippen MR) is 66.5 cm³/mol. The number of amides is 1. The van der Waals surface area contributed by atoms with Crippen molar-refractivity contribution in [1.29, 1.82) is 0 Å². The Morgan fingerprint density at radius 3 is 2.60 bits per heavy atom. The Balaban J connectivity index is 0.000000200. The zero-order valence-corrected chi connectivity index (χ0v) is 10.5. The lowest BCUT2D eigenvalue weighted by atomic mass is 10.1. The largest absolute Gasteiger partial charge is 0.471 e. The molecule has 0 heterocycles. The lowest BCUT2D eigenvalue weighted by Gasteiger charge is -2.03. The number of terminal acetylenes is 1. The normalized spacial score (nSPS) is 16.4. The number of benzene rings is 1. The minimum atomic E-state index is -4.84. The lowest BCUT2D eigenvalue weighted by molar-refractivity contribution is -0.173. The molecule has 20 heavy (non-hydrogen) atoms. The van der Waals surface area contributed by atoms with Crippen molar-refractivity contribution in [2.45, 2.75) is 25.2 Å². The molecule has 1 unspecified atom stereocenters. The van der Waals surface area contributed by atoms with Gasteiger partial charge < -0.3 is 5.32 Å². The summed E-state index contributed by atoms with van der Waals surface area (Å²) in [5.74, 6) is -0.170. The summed E-state index contributed by atoms with van der Waals surface area (Å²) in [6.07, 6.45) is 0.648. The summed E-state index contributed by atoms with van der Waals surface area (Å²) >= 11 is 0. The van der Waals surface area contributed by atoms with Crippen molar-refractivity contribution in [2.24, 2.45) is 0 Å². The zero-order chi connectivity index (χ0) is 15.2. The number of alkyl halides is 4. The SMILES string of the molecule is C#CCNC(=O)C(F)(F)F.FC1CCc2ccccc21. The number of nitrogens with one attached hydrogen (secondary N) is 1. The number of aryl methyl sites for hydroxylation is 1. The molecule has 2 rings (SSSR count). The minimum Gasteiger partial charge on any atom is -0.337 e. The summed E-state index contributed by atoms with van der Waals surface area (Å²) in [7, 11) is 0. The molecular formula is C14H13F4NO. The van der Waals surface area contributed by atoms with Crippen LogP contribution in [0.5, 0.6) is 0 Å². The van der Waals surface area contributed by atoms with Gasteiger partial charge in [0.1, 0.15) is 6.17 Å². The molecule has 0 fully saturated rings. The highest BCUT2D eigenvalue weighted by Gasteiger charge is 2.37. The Morgan fingerprint density at radius 2 is 2.05 bits per heavy atom. The predicted octanol–water partition coefficient (Wildman–Crippen LogP) is 2.94. The van der Waals surface area contributed by atoms with Gasteiger partial charge in [0, 0.05) is 0 Å². The molecule has 1 aliphatic rings. The summed E-state index contributed by atoms with van der Waals surface area (Å²) in [4.78, 5) is 9.89. The van der Waals surface area contributed by atoms with Crippen LogP contribution in [0.25, 0.3) is 0 Å².